The minimum Gasteiger partial charge on any atom is -0.338 e. The van der Waals surface area contributed by atoms with Gasteiger partial charge in [0.2, 0.25) is 0 Å². The highest BCUT2D eigenvalue weighted by molar-refractivity contribution is 9.10. The van der Waals surface area contributed by atoms with Gasteiger partial charge in [-0.15, -0.1) is 12.4 Å². The zero-order valence-corrected chi connectivity index (χ0v) is 13.7. The highest BCUT2D eigenvalue weighted by atomic mass is 79.9. The van der Waals surface area contributed by atoms with Crippen molar-refractivity contribution in [3.63, 3.8) is 0 Å². The molecular weight excluding hydrogens is 328 g/mol. The van der Waals surface area contributed by atoms with E-state index in [1.165, 1.54) is 0 Å². The van der Waals surface area contributed by atoms with E-state index in [9.17, 15) is 4.79 Å². The first-order chi connectivity index (χ1) is 8.47. The van der Waals surface area contributed by atoms with Crippen molar-refractivity contribution in [2.75, 3.05) is 19.6 Å². The molecule has 3 nitrogen and oxygen atoms in total. The molecule has 0 spiro atoms. The van der Waals surface area contributed by atoms with Crippen LogP contribution in [0.5, 0.6) is 0 Å². The average Bonchev–Trinajstić information content (AvgIpc) is 2.75. The Morgan fingerprint density at radius 3 is 2.79 bits per heavy atom. The van der Waals surface area contributed by atoms with Crippen molar-refractivity contribution in [2.24, 2.45) is 11.1 Å². The summed E-state index contributed by atoms with van der Waals surface area (Å²) in [5, 5.41) is 0. The van der Waals surface area contributed by atoms with E-state index >= 15 is 0 Å². The zero-order valence-electron chi connectivity index (χ0n) is 11.3. The Bertz CT molecular complexity index is 481. The standard InChI is InChI=1S/C14H19BrN2O.ClH/c1-10-11(4-3-5-12(10)15)13(18)17-7-6-14(2,8-16)9-17;/h3-5H,6-9,16H2,1-2H3;1H. The third-order valence-electron chi connectivity index (χ3n) is 3.84. The number of likely N-dealkylation sites (tertiary alicyclic amines) is 1. The third-order valence-corrected chi connectivity index (χ3v) is 4.70. The maximum atomic E-state index is 12.5. The number of nitrogens with two attached hydrogens (primary N) is 1. The summed E-state index contributed by atoms with van der Waals surface area (Å²) in [5.41, 5.74) is 7.64. The Morgan fingerprint density at radius 1 is 1.53 bits per heavy atom. The summed E-state index contributed by atoms with van der Waals surface area (Å²) in [5.74, 6) is 0.117. The van der Waals surface area contributed by atoms with E-state index in [2.05, 4.69) is 22.9 Å². The highest BCUT2D eigenvalue weighted by Gasteiger charge is 2.35. The Morgan fingerprint density at radius 2 is 2.21 bits per heavy atom. The lowest BCUT2D eigenvalue weighted by Gasteiger charge is -2.23. The van der Waals surface area contributed by atoms with Crippen molar-refractivity contribution in [1.82, 2.24) is 4.90 Å². The van der Waals surface area contributed by atoms with Gasteiger partial charge in [-0.1, -0.05) is 28.9 Å². The van der Waals surface area contributed by atoms with E-state index in [0.29, 0.717) is 6.54 Å². The van der Waals surface area contributed by atoms with E-state index < -0.39 is 0 Å². The number of nitrogens with zero attached hydrogens (tertiary/aromatic N) is 1. The molecule has 106 valence electrons. The lowest BCUT2D eigenvalue weighted by Crippen LogP contribution is -2.34. The molecule has 1 aliphatic heterocycles. The van der Waals surface area contributed by atoms with Gasteiger partial charge in [-0.2, -0.15) is 0 Å². The maximum absolute atomic E-state index is 12.5. The number of hydrogen-bond acceptors (Lipinski definition) is 2. The van der Waals surface area contributed by atoms with Gasteiger partial charge in [-0.05, 0) is 43.0 Å². The predicted octanol–water partition coefficient (Wildman–Crippen LogP) is 2.99. The van der Waals surface area contributed by atoms with Crippen LogP contribution in [0.3, 0.4) is 0 Å². The number of amides is 1. The number of rotatable bonds is 2. The van der Waals surface area contributed by atoms with Crippen LogP contribution in [0.1, 0.15) is 29.3 Å². The Hall–Kier alpha value is -0.580. The van der Waals surface area contributed by atoms with Gasteiger partial charge in [0, 0.05) is 23.1 Å². The summed E-state index contributed by atoms with van der Waals surface area (Å²) in [6, 6.07) is 5.75. The lowest BCUT2D eigenvalue weighted by atomic mass is 9.90. The minimum atomic E-state index is 0. The van der Waals surface area contributed by atoms with Crippen LogP contribution in [-0.4, -0.2) is 30.4 Å². The fourth-order valence-corrected chi connectivity index (χ4v) is 2.74. The molecule has 1 fully saturated rings. The summed E-state index contributed by atoms with van der Waals surface area (Å²) in [4.78, 5) is 14.4. The van der Waals surface area contributed by atoms with Gasteiger partial charge in [0.15, 0.2) is 0 Å². The van der Waals surface area contributed by atoms with Gasteiger partial charge in [0.05, 0.1) is 0 Å². The normalized spacial score (nSPS) is 22.2. The summed E-state index contributed by atoms with van der Waals surface area (Å²) in [6.07, 6.45) is 0.988. The minimum absolute atomic E-state index is 0. The summed E-state index contributed by atoms with van der Waals surface area (Å²) in [6.45, 7) is 6.31. The molecule has 1 heterocycles. The van der Waals surface area contributed by atoms with Crippen LogP contribution >= 0.6 is 28.3 Å². The van der Waals surface area contributed by atoms with Crippen molar-refractivity contribution >= 4 is 34.2 Å². The van der Waals surface area contributed by atoms with Crippen LogP contribution < -0.4 is 5.73 Å². The topological polar surface area (TPSA) is 46.3 Å². The van der Waals surface area contributed by atoms with Crippen LogP contribution in [0.2, 0.25) is 0 Å². The van der Waals surface area contributed by atoms with Gasteiger partial charge in [-0.25, -0.2) is 0 Å². The molecule has 0 aromatic heterocycles. The molecule has 2 N–H and O–H groups in total. The Labute approximate surface area is 129 Å². The number of benzene rings is 1. The zero-order chi connectivity index (χ0) is 13.3. The molecule has 1 saturated heterocycles. The fraction of sp³-hybridized carbons (Fsp3) is 0.500. The van der Waals surface area contributed by atoms with E-state index in [0.717, 1.165) is 35.1 Å². The van der Waals surface area contributed by atoms with Crippen LogP contribution in [0.25, 0.3) is 0 Å². The second kappa shape index (κ2) is 6.25. The largest absolute Gasteiger partial charge is 0.338 e. The molecule has 1 aromatic carbocycles. The third kappa shape index (κ3) is 3.30. The van der Waals surface area contributed by atoms with Crippen molar-refractivity contribution in [2.45, 2.75) is 20.3 Å². The molecular formula is C14H20BrClN2O. The van der Waals surface area contributed by atoms with Gasteiger partial charge in [-0.3, -0.25) is 4.79 Å². The highest BCUT2D eigenvalue weighted by Crippen LogP contribution is 2.30. The molecule has 19 heavy (non-hydrogen) atoms. The van der Waals surface area contributed by atoms with Crippen molar-refractivity contribution in [3.8, 4) is 0 Å². The van der Waals surface area contributed by atoms with Crippen molar-refractivity contribution in [3.05, 3.63) is 33.8 Å². The van der Waals surface area contributed by atoms with Gasteiger partial charge in [0.1, 0.15) is 0 Å². The van der Waals surface area contributed by atoms with Gasteiger partial charge in [0.25, 0.3) is 5.91 Å². The maximum Gasteiger partial charge on any atom is 0.254 e. The quantitative estimate of drug-likeness (QED) is 0.894. The SMILES string of the molecule is Cc1c(Br)cccc1C(=O)N1CCC(C)(CN)C1.Cl. The van der Waals surface area contributed by atoms with Crippen molar-refractivity contribution < 1.29 is 4.79 Å². The smallest absolute Gasteiger partial charge is 0.254 e. The number of carbonyl (C=O) groups excluding carboxylic acids is 1. The second-order valence-electron chi connectivity index (χ2n) is 5.40. The Kier molecular flexibility index (Phi) is 5.42. The fourth-order valence-electron chi connectivity index (χ4n) is 2.37. The number of halogens is 2. The first kappa shape index (κ1) is 16.5. The van der Waals surface area contributed by atoms with E-state index in [-0.39, 0.29) is 23.7 Å². The number of hydrogen-bond donors (Lipinski definition) is 1. The molecule has 1 aliphatic rings. The average molecular weight is 348 g/mol. The molecule has 0 saturated carbocycles. The Balaban J connectivity index is 0.00000180. The molecule has 1 aromatic rings. The molecule has 0 aliphatic carbocycles. The molecule has 1 atom stereocenters. The van der Waals surface area contributed by atoms with Gasteiger partial charge < -0.3 is 10.6 Å². The van der Waals surface area contributed by atoms with E-state index in [4.69, 9.17) is 5.73 Å². The molecule has 0 radical (unpaired) electrons. The van der Waals surface area contributed by atoms with E-state index in [1.807, 2.05) is 30.0 Å². The first-order valence-electron chi connectivity index (χ1n) is 6.21. The molecule has 2 rings (SSSR count). The molecule has 1 unspecified atom stereocenters. The summed E-state index contributed by atoms with van der Waals surface area (Å²) in [7, 11) is 0. The molecule has 5 heteroatoms. The van der Waals surface area contributed by atoms with Crippen LogP contribution in [-0.2, 0) is 0 Å². The predicted molar refractivity (Wildman–Crippen MR) is 83.8 cm³/mol. The first-order valence-corrected chi connectivity index (χ1v) is 7.01. The van der Waals surface area contributed by atoms with Crippen molar-refractivity contribution in [1.29, 1.82) is 0 Å². The van der Waals surface area contributed by atoms with Crippen LogP contribution in [0, 0.1) is 12.3 Å². The molecule has 1 amide bonds. The monoisotopic (exact) mass is 346 g/mol. The summed E-state index contributed by atoms with van der Waals surface area (Å²) < 4.78 is 0.981. The lowest BCUT2D eigenvalue weighted by molar-refractivity contribution is 0.0776. The summed E-state index contributed by atoms with van der Waals surface area (Å²) >= 11 is 3.47. The second-order valence-corrected chi connectivity index (χ2v) is 6.26. The van der Waals surface area contributed by atoms with E-state index in [1.54, 1.807) is 0 Å². The van der Waals surface area contributed by atoms with Crippen LogP contribution in [0.4, 0.5) is 0 Å². The number of carbonyl (C=O) groups is 1. The van der Waals surface area contributed by atoms with Crippen LogP contribution in [0.15, 0.2) is 22.7 Å². The van der Waals surface area contributed by atoms with Gasteiger partial charge >= 0.3 is 0 Å². The molecule has 0 bridgehead atoms.